The van der Waals surface area contributed by atoms with Crippen LogP contribution >= 0.6 is 11.8 Å². The average molecular weight is 416 g/mol. The predicted molar refractivity (Wildman–Crippen MR) is 106 cm³/mol. The third kappa shape index (κ3) is 4.23. The number of ketones is 1. The lowest BCUT2D eigenvalue weighted by atomic mass is 10.1. The topological polar surface area (TPSA) is 61.2 Å². The Bertz CT molecular complexity index is 1130. The molecule has 0 amide bonds. The number of Topliss-reactive ketones (excluding diaryl/α,β-unsaturated/α-hetero) is 1. The Morgan fingerprint density at radius 2 is 2.07 bits per heavy atom. The van der Waals surface area contributed by atoms with E-state index in [2.05, 4.69) is 4.98 Å². The van der Waals surface area contributed by atoms with E-state index in [-0.39, 0.29) is 23.0 Å². The number of ether oxygens (including phenoxy) is 1. The summed E-state index contributed by atoms with van der Waals surface area (Å²) in [5.41, 5.74) is -0.00253. The van der Waals surface area contributed by atoms with Crippen LogP contribution in [0.25, 0.3) is 10.9 Å². The largest absolute Gasteiger partial charge is 0.376 e. The first-order valence-electron chi connectivity index (χ1n) is 9.25. The molecule has 5 nitrogen and oxygen atoms in total. The first-order valence-corrected chi connectivity index (χ1v) is 10.2. The number of halogens is 2. The number of aromatic nitrogens is 2. The highest BCUT2D eigenvalue weighted by Crippen LogP contribution is 2.22. The number of carbonyl (C=O) groups excluding carboxylic acids is 1. The zero-order valence-electron chi connectivity index (χ0n) is 15.4. The molecular formula is C21H18F2N2O3S. The summed E-state index contributed by atoms with van der Waals surface area (Å²) in [5.74, 6) is -2.20. The van der Waals surface area contributed by atoms with E-state index in [0.717, 1.165) is 42.8 Å². The molecule has 0 N–H and O–H groups in total. The molecule has 1 atom stereocenters. The Morgan fingerprint density at radius 3 is 2.86 bits per heavy atom. The summed E-state index contributed by atoms with van der Waals surface area (Å²) in [7, 11) is 0. The summed E-state index contributed by atoms with van der Waals surface area (Å²) in [6.07, 6.45) is 1.68. The maximum Gasteiger partial charge on any atom is 0.262 e. The van der Waals surface area contributed by atoms with Crippen LogP contribution in [-0.4, -0.2) is 33.8 Å². The van der Waals surface area contributed by atoms with Crippen molar-refractivity contribution in [1.29, 1.82) is 0 Å². The lowest BCUT2D eigenvalue weighted by molar-refractivity contribution is 0.0937. The third-order valence-corrected chi connectivity index (χ3v) is 5.77. The van der Waals surface area contributed by atoms with Gasteiger partial charge in [-0.1, -0.05) is 23.9 Å². The summed E-state index contributed by atoms with van der Waals surface area (Å²) in [6, 6.07) is 9.75. The molecule has 1 aliphatic rings. The van der Waals surface area contributed by atoms with Crippen molar-refractivity contribution in [3.8, 4) is 0 Å². The summed E-state index contributed by atoms with van der Waals surface area (Å²) in [4.78, 5) is 30.0. The van der Waals surface area contributed by atoms with Crippen molar-refractivity contribution < 1.29 is 18.3 Å². The van der Waals surface area contributed by atoms with Gasteiger partial charge in [-0.3, -0.25) is 14.2 Å². The summed E-state index contributed by atoms with van der Waals surface area (Å²) < 4.78 is 34.4. The molecule has 0 saturated carbocycles. The smallest absolute Gasteiger partial charge is 0.262 e. The fraction of sp³-hybridized carbons (Fsp3) is 0.286. The van der Waals surface area contributed by atoms with Crippen LogP contribution in [-0.2, 0) is 11.3 Å². The number of thioether (sulfide) groups is 1. The van der Waals surface area contributed by atoms with Gasteiger partial charge in [-0.15, -0.1) is 0 Å². The van der Waals surface area contributed by atoms with E-state index in [1.165, 1.54) is 4.57 Å². The molecule has 150 valence electrons. The molecule has 1 aliphatic heterocycles. The number of benzene rings is 2. The maximum atomic E-state index is 13.9. The predicted octanol–water partition coefficient (Wildman–Crippen LogP) is 3.83. The Hall–Kier alpha value is -2.58. The van der Waals surface area contributed by atoms with Gasteiger partial charge in [0.05, 0.1) is 34.9 Å². The first kappa shape index (κ1) is 19.7. The molecule has 4 rings (SSSR count). The molecule has 1 aromatic heterocycles. The molecule has 1 saturated heterocycles. The highest BCUT2D eigenvalue weighted by Gasteiger charge is 2.21. The average Bonchev–Trinajstić information content (AvgIpc) is 3.23. The van der Waals surface area contributed by atoms with Crippen LogP contribution in [0, 0.1) is 11.6 Å². The Morgan fingerprint density at radius 1 is 1.24 bits per heavy atom. The quantitative estimate of drug-likeness (QED) is 0.347. The van der Waals surface area contributed by atoms with Gasteiger partial charge in [0.1, 0.15) is 11.6 Å². The lowest BCUT2D eigenvalue weighted by Crippen LogP contribution is -2.29. The molecule has 0 unspecified atom stereocenters. The van der Waals surface area contributed by atoms with Gasteiger partial charge in [0, 0.05) is 6.61 Å². The number of fused-ring (bicyclic) bond motifs is 1. The number of hydrogen-bond donors (Lipinski definition) is 0. The molecule has 8 heteroatoms. The first-order chi connectivity index (χ1) is 14.0. The molecule has 0 aliphatic carbocycles. The summed E-state index contributed by atoms with van der Waals surface area (Å²) in [5, 5.41) is 0.840. The standard InChI is InChI=1S/C21H18F2N2O3S/c22-13-7-8-17(23)16(10-13)19(26)12-29-21-24-18-6-2-1-5-15(18)20(27)25(21)11-14-4-3-9-28-14/h1-2,5-8,10,14H,3-4,9,11-12H2/t14-/m0/s1. The lowest BCUT2D eigenvalue weighted by Gasteiger charge is -2.16. The van der Waals surface area contributed by atoms with E-state index in [9.17, 15) is 18.4 Å². The fourth-order valence-electron chi connectivity index (χ4n) is 3.33. The highest BCUT2D eigenvalue weighted by molar-refractivity contribution is 7.99. The number of rotatable bonds is 6. The fourth-order valence-corrected chi connectivity index (χ4v) is 4.22. The number of para-hydroxylation sites is 1. The normalized spacial score (nSPS) is 16.4. The molecule has 29 heavy (non-hydrogen) atoms. The maximum absolute atomic E-state index is 13.9. The number of carbonyl (C=O) groups is 1. The van der Waals surface area contributed by atoms with E-state index in [0.29, 0.717) is 29.2 Å². The van der Waals surface area contributed by atoms with Gasteiger partial charge in [0.2, 0.25) is 0 Å². The minimum absolute atomic E-state index is 0.0913. The highest BCUT2D eigenvalue weighted by atomic mass is 32.2. The van der Waals surface area contributed by atoms with Gasteiger partial charge in [0.25, 0.3) is 5.56 Å². The van der Waals surface area contributed by atoms with E-state index in [1.807, 2.05) is 0 Å². The van der Waals surface area contributed by atoms with E-state index < -0.39 is 17.4 Å². The van der Waals surface area contributed by atoms with Gasteiger partial charge in [0.15, 0.2) is 10.9 Å². The van der Waals surface area contributed by atoms with Crippen LogP contribution in [0.4, 0.5) is 8.78 Å². The zero-order chi connectivity index (χ0) is 20.4. The number of nitrogens with zero attached hydrogens (tertiary/aromatic N) is 2. The van der Waals surface area contributed by atoms with Crippen LogP contribution in [0.5, 0.6) is 0 Å². The second-order valence-electron chi connectivity index (χ2n) is 6.80. The van der Waals surface area contributed by atoms with Gasteiger partial charge in [-0.05, 0) is 43.2 Å². The molecule has 2 heterocycles. The van der Waals surface area contributed by atoms with Gasteiger partial charge >= 0.3 is 0 Å². The number of hydrogen-bond acceptors (Lipinski definition) is 5. The van der Waals surface area contributed by atoms with Crippen LogP contribution in [0.15, 0.2) is 52.4 Å². The Labute approximate surface area is 169 Å². The Kier molecular flexibility index (Phi) is 5.73. The van der Waals surface area contributed by atoms with E-state index >= 15 is 0 Å². The van der Waals surface area contributed by atoms with E-state index in [1.54, 1.807) is 24.3 Å². The van der Waals surface area contributed by atoms with Crippen LogP contribution in [0.2, 0.25) is 0 Å². The SMILES string of the molecule is O=C(CSc1nc2ccccc2c(=O)n1C[C@@H]1CCCO1)c1cc(F)ccc1F. The van der Waals surface area contributed by atoms with Crippen LogP contribution < -0.4 is 5.56 Å². The van der Waals surface area contributed by atoms with Crippen LogP contribution in [0.1, 0.15) is 23.2 Å². The van der Waals surface area contributed by atoms with Crippen molar-refractivity contribution in [2.24, 2.45) is 0 Å². The van der Waals surface area contributed by atoms with Crippen molar-refractivity contribution in [1.82, 2.24) is 9.55 Å². The molecular weight excluding hydrogens is 398 g/mol. The van der Waals surface area contributed by atoms with Crippen molar-refractivity contribution >= 4 is 28.4 Å². The third-order valence-electron chi connectivity index (χ3n) is 4.80. The molecule has 1 fully saturated rings. The van der Waals surface area contributed by atoms with Gasteiger partial charge in [-0.2, -0.15) is 0 Å². The van der Waals surface area contributed by atoms with E-state index in [4.69, 9.17) is 4.74 Å². The van der Waals surface area contributed by atoms with Crippen molar-refractivity contribution in [3.05, 3.63) is 70.0 Å². The second kappa shape index (κ2) is 8.42. The zero-order valence-corrected chi connectivity index (χ0v) is 16.3. The molecule has 0 spiro atoms. The minimum atomic E-state index is -0.778. The Balaban J connectivity index is 1.65. The second-order valence-corrected chi connectivity index (χ2v) is 7.74. The van der Waals surface area contributed by atoms with Crippen molar-refractivity contribution in [3.63, 3.8) is 0 Å². The minimum Gasteiger partial charge on any atom is -0.376 e. The van der Waals surface area contributed by atoms with Crippen LogP contribution in [0.3, 0.4) is 0 Å². The monoisotopic (exact) mass is 416 g/mol. The van der Waals surface area contributed by atoms with Crippen molar-refractivity contribution in [2.45, 2.75) is 30.6 Å². The van der Waals surface area contributed by atoms with Crippen molar-refractivity contribution in [2.75, 3.05) is 12.4 Å². The van der Waals surface area contributed by atoms with Gasteiger partial charge in [-0.25, -0.2) is 13.8 Å². The molecule has 2 aromatic carbocycles. The molecule has 0 radical (unpaired) electrons. The summed E-state index contributed by atoms with van der Waals surface area (Å²) in [6.45, 7) is 0.988. The molecule has 3 aromatic rings. The summed E-state index contributed by atoms with van der Waals surface area (Å²) >= 11 is 1.03. The van der Waals surface area contributed by atoms with Gasteiger partial charge < -0.3 is 4.74 Å². The molecule has 0 bridgehead atoms.